The largest absolute Gasteiger partial charge is 0.496 e. The minimum absolute atomic E-state index is 0.173. The Hall–Kier alpha value is -3.34. The number of methoxy groups -OCH3 is 1. The molecule has 2 aromatic carbocycles. The van der Waals surface area contributed by atoms with E-state index < -0.39 is 11.9 Å². The number of carboxylic acid groups (broad SMARTS) is 1. The molecule has 0 fully saturated rings. The highest BCUT2D eigenvalue weighted by Gasteiger charge is 2.19. The number of hydrogen-bond acceptors (Lipinski definition) is 4. The van der Waals surface area contributed by atoms with Crippen LogP contribution in [0.3, 0.4) is 0 Å². The Bertz CT molecular complexity index is 875. The number of carboxylic acids is 1. The highest BCUT2D eigenvalue weighted by molar-refractivity contribution is 6.29. The maximum atomic E-state index is 11.6. The lowest BCUT2D eigenvalue weighted by Gasteiger charge is -2.14. The predicted molar refractivity (Wildman–Crippen MR) is 105 cm³/mol. The number of carbonyl (C=O) groups excluding carboxylic acids is 1. The van der Waals surface area contributed by atoms with Crippen molar-refractivity contribution in [1.82, 2.24) is 0 Å². The summed E-state index contributed by atoms with van der Waals surface area (Å²) in [5, 5.41) is 8.87. The third kappa shape index (κ3) is 5.85. The summed E-state index contributed by atoms with van der Waals surface area (Å²) in [6, 6.07) is 13.2. The van der Waals surface area contributed by atoms with Crippen LogP contribution in [0.25, 0.3) is 12.2 Å². The third-order valence-electron chi connectivity index (χ3n) is 3.77. The molecule has 0 atom stereocenters. The number of rotatable bonds is 6. The number of allylic oxidation sites excluding steroid dienone is 2. The summed E-state index contributed by atoms with van der Waals surface area (Å²) in [4.78, 5) is 22.5. The smallest absolute Gasteiger partial charge is 0.422 e. The summed E-state index contributed by atoms with van der Waals surface area (Å²) in [6.45, 7) is 3.90. The van der Waals surface area contributed by atoms with Gasteiger partial charge in [-0.05, 0) is 43.5 Å². The van der Waals surface area contributed by atoms with Crippen molar-refractivity contribution in [2.24, 2.45) is 0 Å². The van der Waals surface area contributed by atoms with Gasteiger partial charge in [-0.15, -0.1) is 0 Å². The topological polar surface area (TPSA) is 72.8 Å². The molecule has 0 radical (unpaired) electrons. The molecule has 2 rings (SSSR count). The highest BCUT2D eigenvalue weighted by Crippen LogP contribution is 2.33. The lowest BCUT2D eigenvalue weighted by Crippen LogP contribution is -2.20. The van der Waals surface area contributed by atoms with Gasteiger partial charge >= 0.3 is 11.9 Å². The lowest BCUT2D eigenvalue weighted by atomic mass is 10.0. The van der Waals surface area contributed by atoms with E-state index in [0.717, 1.165) is 16.7 Å². The first kappa shape index (κ1) is 20.0. The number of ether oxygens (including phenoxy) is 2. The molecule has 2 aromatic rings. The molecule has 0 aliphatic carbocycles. The Morgan fingerprint density at radius 2 is 1.63 bits per heavy atom. The van der Waals surface area contributed by atoms with Crippen LogP contribution in [0, 0.1) is 0 Å². The van der Waals surface area contributed by atoms with Crippen molar-refractivity contribution in [3.63, 3.8) is 0 Å². The fourth-order valence-electron chi connectivity index (χ4n) is 2.42. The van der Waals surface area contributed by atoms with E-state index in [1.807, 2.05) is 68.5 Å². The maximum Gasteiger partial charge on any atom is 0.422 e. The van der Waals surface area contributed by atoms with Crippen molar-refractivity contribution in [2.75, 3.05) is 7.11 Å². The van der Waals surface area contributed by atoms with Gasteiger partial charge in [-0.2, -0.15) is 0 Å². The zero-order valence-electron chi connectivity index (χ0n) is 15.6. The second kappa shape index (κ2) is 9.38. The number of aliphatic carboxylic acids is 1. The van der Waals surface area contributed by atoms with Crippen molar-refractivity contribution < 1.29 is 24.2 Å². The van der Waals surface area contributed by atoms with Gasteiger partial charge < -0.3 is 14.6 Å². The van der Waals surface area contributed by atoms with E-state index >= 15 is 0 Å². The molecule has 0 bridgehead atoms. The van der Waals surface area contributed by atoms with E-state index in [2.05, 4.69) is 0 Å². The van der Waals surface area contributed by atoms with E-state index in [-0.39, 0.29) is 5.75 Å². The molecule has 5 heteroatoms. The van der Waals surface area contributed by atoms with Crippen molar-refractivity contribution >= 4 is 24.1 Å². The van der Waals surface area contributed by atoms with Crippen LogP contribution in [-0.4, -0.2) is 24.2 Å². The molecule has 0 aliphatic heterocycles. The van der Waals surface area contributed by atoms with E-state index in [1.54, 1.807) is 6.07 Å². The molecular formula is C22H22O5. The SMILES string of the molecule is COc1cc(C=Cc2ccccc2)cc(OC(=O)C(=O)O)c1CC=C(C)C. The van der Waals surface area contributed by atoms with Crippen LogP contribution in [0.1, 0.15) is 30.5 Å². The summed E-state index contributed by atoms with van der Waals surface area (Å²) in [6.07, 6.45) is 6.17. The Labute approximate surface area is 158 Å². The van der Waals surface area contributed by atoms with Gasteiger partial charge in [-0.25, -0.2) is 9.59 Å². The molecular weight excluding hydrogens is 344 g/mol. The number of esters is 1. The number of hydrogen-bond donors (Lipinski definition) is 1. The molecule has 5 nitrogen and oxygen atoms in total. The minimum atomic E-state index is -1.65. The van der Waals surface area contributed by atoms with Crippen LogP contribution in [0.2, 0.25) is 0 Å². The van der Waals surface area contributed by atoms with Crippen molar-refractivity contribution in [1.29, 1.82) is 0 Å². The fraction of sp³-hybridized carbons (Fsp3) is 0.182. The van der Waals surface area contributed by atoms with Crippen LogP contribution in [0.4, 0.5) is 0 Å². The van der Waals surface area contributed by atoms with Crippen LogP contribution in [-0.2, 0) is 16.0 Å². The van der Waals surface area contributed by atoms with E-state index in [4.69, 9.17) is 14.6 Å². The normalized spacial score (nSPS) is 10.5. The van der Waals surface area contributed by atoms with Gasteiger partial charge in [0.2, 0.25) is 0 Å². The highest BCUT2D eigenvalue weighted by atomic mass is 16.6. The summed E-state index contributed by atoms with van der Waals surface area (Å²) in [7, 11) is 1.52. The van der Waals surface area contributed by atoms with Crippen LogP contribution in [0.15, 0.2) is 54.1 Å². The molecule has 1 N–H and O–H groups in total. The van der Waals surface area contributed by atoms with E-state index in [0.29, 0.717) is 17.7 Å². The number of carbonyl (C=O) groups is 2. The summed E-state index contributed by atoms with van der Waals surface area (Å²) in [5.74, 6) is -2.28. The van der Waals surface area contributed by atoms with Gasteiger partial charge in [0.25, 0.3) is 0 Å². The Balaban J connectivity index is 2.46. The zero-order valence-corrected chi connectivity index (χ0v) is 15.6. The van der Waals surface area contributed by atoms with Crippen LogP contribution >= 0.6 is 0 Å². The van der Waals surface area contributed by atoms with E-state index in [9.17, 15) is 9.59 Å². The molecule has 0 saturated heterocycles. The first-order valence-corrected chi connectivity index (χ1v) is 8.43. The predicted octanol–water partition coefficient (Wildman–Crippen LogP) is 4.36. The molecule has 0 amide bonds. The van der Waals surface area contributed by atoms with Gasteiger partial charge in [-0.3, -0.25) is 0 Å². The molecule has 0 spiro atoms. The standard InChI is InChI=1S/C22H22O5/c1-15(2)9-12-18-19(26-3)13-17(11-10-16-7-5-4-6-8-16)14-20(18)27-22(25)21(23)24/h4-11,13-14H,12H2,1-3H3,(H,23,24). The Morgan fingerprint density at radius 3 is 2.22 bits per heavy atom. The monoisotopic (exact) mass is 366 g/mol. The van der Waals surface area contributed by atoms with Crippen LogP contribution in [0.5, 0.6) is 11.5 Å². The molecule has 0 saturated carbocycles. The van der Waals surface area contributed by atoms with E-state index in [1.165, 1.54) is 7.11 Å². The molecule has 0 unspecified atom stereocenters. The molecule has 0 aromatic heterocycles. The maximum absolute atomic E-state index is 11.6. The van der Waals surface area contributed by atoms with Gasteiger partial charge in [0, 0.05) is 5.56 Å². The average molecular weight is 366 g/mol. The third-order valence-corrected chi connectivity index (χ3v) is 3.77. The van der Waals surface area contributed by atoms with Gasteiger partial charge in [0.05, 0.1) is 7.11 Å². The van der Waals surface area contributed by atoms with Crippen molar-refractivity contribution in [3.05, 3.63) is 70.8 Å². The minimum Gasteiger partial charge on any atom is -0.496 e. The zero-order chi connectivity index (χ0) is 19.8. The quantitative estimate of drug-likeness (QED) is 0.270. The first-order chi connectivity index (χ1) is 12.9. The van der Waals surface area contributed by atoms with Gasteiger partial charge in [0.15, 0.2) is 0 Å². The summed E-state index contributed by atoms with van der Waals surface area (Å²) < 4.78 is 10.5. The molecule has 0 heterocycles. The first-order valence-electron chi connectivity index (χ1n) is 8.43. The lowest BCUT2D eigenvalue weighted by molar-refractivity contribution is -0.158. The van der Waals surface area contributed by atoms with Gasteiger partial charge in [-0.1, -0.05) is 54.1 Å². The van der Waals surface area contributed by atoms with Gasteiger partial charge in [0.1, 0.15) is 11.5 Å². The second-order valence-corrected chi connectivity index (χ2v) is 6.12. The summed E-state index contributed by atoms with van der Waals surface area (Å²) in [5.41, 5.74) is 3.43. The van der Waals surface area contributed by atoms with Crippen molar-refractivity contribution in [2.45, 2.75) is 20.3 Å². The molecule has 0 aliphatic rings. The van der Waals surface area contributed by atoms with Crippen LogP contribution < -0.4 is 9.47 Å². The van der Waals surface area contributed by atoms with Crippen molar-refractivity contribution in [3.8, 4) is 11.5 Å². The Morgan fingerprint density at radius 1 is 1.00 bits per heavy atom. The molecule has 140 valence electrons. The molecule has 27 heavy (non-hydrogen) atoms. The number of benzene rings is 2. The fourth-order valence-corrected chi connectivity index (χ4v) is 2.42. The average Bonchev–Trinajstić information content (AvgIpc) is 2.65. The summed E-state index contributed by atoms with van der Waals surface area (Å²) >= 11 is 0. The second-order valence-electron chi connectivity index (χ2n) is 6.12. The Kier molecular flexibility index (Phi) is 6.94.